The number of fused-ring (bicyclic) bond motifs is 1. The summed E-state index contributed by atoms with van der Waals surface area (Å²) in [5.74, 6) is 0.889. The van der Waals surface area contributed by atoms with Crippen molar-refractivity contribution >= 4 is 15.9 Å². The Bertz CT molecular complexity index is 508. The van der Waals surface area contributed by atoms with Crippen molar-refractivity contribution in [3.63, 3.8) is 0 Å². The molecule has 1 saturated heterocycles. The molecule has 2 saturated carbocycles. The van der Waals surface area contributed by atoms with E-state index in [4.69, 9.17) is 4.18 Å². The first-order valence-corrected chi connectivity index (χ1v) is 8.69. The van der Waals surface area contributed by atoms with Gasteiger partial charge in [0.05, 0.1) is 11.4 Å². The van der Waals surface area contributed by atoms with Crippen molar-refractivity contribution in [1.82, 2.24) is 0 Å². The normalized spacial score (nSPS) is 42.8. The minimum atomic E-state index is -3.35. The predicted octanol–water partition coefficient (Wildman–Crippen LogP) is 2.13. The standard InChI is InChI=1S/C14H22O4S/c1-4-14(2,3)12(15)7-9-8-5-10-11(6-8)19(16,17)18-13(9)10/h8-11,13H,4-7H2,1-3H3. The molecule has 4 nitrogen and oxygen atoms in total. The molecule has 5 heteroatoms. The summed E-state index contributed by atoms with van der Waals surface area (Å²) in [6.45, 7) is 5.96. The zero-order chi connectivity index (χ0) is 14.0. The molecule has 3 aliphatic rings. The number of Topliss-reactive ketones (excluding diaryl/α,β-unsaturated/α-hetero) is 1. The first kappa shape index (κ1) is 13.6. The Hall–Kier alpha value is -0.420. The summed E-state index contributed by atoms with van der Waals surface area (Å²) >= 11 is 0. The van der Waals surface area contributed by atoms with E-state index in [9.17, 15) is 13.2 Å². The van der Waals surface area contributed by atoms with E-state index in [1.165, 1.54) is 0 Å². The molecule has 1 heterocycles. The zero-order valence-corrected chi connectivity index (χ0v) is 12.6. The first-order chi connectivity index (χ1) is 8.76. The largest absolute Gasteiger partial charge is 0.299 e. The van der Waals surface area contributed by atoms with Crippen molar-refractivity contribution in [2.24, 2.45) is 23.2 Å². The molecular weight excluding hydrogens is 264 g/mol. The highest BCUT2D eigenvalue weighted by molar-refractivity contribution is 7.87. The van der Waals surface area contributed by atoms with E-state index in [2.05, 4.69) is 0 Å². The highest BCUT2D eigenvalue weighted by atomic mass is 32.2. The summed E-state index contributed by atoms with van der Waals surface area (Å²) in [6.07, 6.45) is 2.71. The molecule has 2 aliphatic carbocycles. The lowest BCUT2D eigenvalue weighted by Gasteiger charge is -2.28. The molecule has 1 aliphatic heterocycles. The fourth-order valence-electron chi connectivity index (χ4n) is 4.02. The van der Waals surface area contributed by atoms with Crippen LogP contribution in [0.4, 0.5) is 0 Å². The number of hydrogen-bond acceptors (Lipinski definition) is 4. The van der Waals surface area contributed by atoms with Gasteiger partial charge >= 0.3 is 0 Å². The van der Waals surface area contributed by atoms with Crippen LogP contribution in [0.25, 0.3) is 0 Å². The third-order valence-electron chi connectivity index (χ3n) is 5.71. The molecule has 3 rings (SSSR count). The summed E-state index contributed by atoms with van der Waals surface area (Å²) < 4.78 is 29.0. The lowest BCUT2D eigenvalue weighted by molar-refractivity contribution is -0.129. The van der Waals surface area contributed by atoms with Crippen molar-refractivity contribution < 1.29 is 17.4 Å². The van der Waals surface area contributed by atoms with Crippen molar-refractivity contribution in [1.29, 1.82) is 0 Å². The highest BCUT2D eigenvalue weighted by Gasteiger charge is 2.64. The summed E-state index contributed by atoms with van der Waals surface area (Å²) in [5, 5.41) is -0.284. The lowest BCUT2D eigenvalue weighted by atomic mass is 9.76. The zero-order valence-electron chi connectivity index (χ0n) is 11.8. The van der Waals surface area contributed by atoms with E-state index in [0.717, 1.165) is 12.8 Å². The van der Waals surface area contributed by atoms with Gasteiger partial charge in [-0.3, -0.25) is 8.98 Å². The van der Waals surface area contributed by atoms with Crippen LogP contribution in [0.3, 0.4) is 0 Å². The smallest absolute Gasteiger partial charge is 0.270 e. The number of hydrogen-bond donors (Lipinski definition) is 0. The fourth-order valence-corrected chi connectivity index (χ4v) is 5.94. The Balaban J connectivity index is 1.77. The van der Waals surface area contributed by atoms with Gasteiger partial charge in [-0.15, -0.1) is 0 Å². The van der Waals surface area contributed by atoms with Crippen molar-refractivity contribution in [3.8, 4) is 0 Å². The van der Waals surface area contributed by atoms with Gasteiger partial charge in [-0.2, -0.15) is 8.42 Å². The van der Waals surface area contributed by atoms with Crippen molar-refractivity contribution in [3.05, 3.63) is 0 Å². The fraction of sp³-hybridized carbons (Fsp3) is 0.929. The van der Waals surface area contributed by atoms with Gasteiger partial charge in [0.1, 0.15) is 5.78 Å². The second-order valence-electron chi connectivity index (χ2n) is 7.02. The minimum Gasteiger partial charge on any atom is -0.299 e. The first-order valence-electron chi connectivity index (χ1n) is 7.21. The summed E-state index contributed by atoms with van der Waals surface area (Å²) in [6, 6.07) is 0. The Kier molecular flexibility index (Phi) is 2.88. The molecule has 5 unspecified atom stereocenters. The summed E-state index contributed by atoms with van der Waals surface area (Å²) in [5.41, 5.74) is -0.307. The quantitative estimate of drug-likeness (QED) is 0.743. The average Bonchev–Trinajstić information content (AvgIpc) is 2.92. The molecule has 0 N–H and O–H groups in total. The SMILES string of the molecule is CCC(C)(C)C(=O)CC1C2CC3C1OS(=O)(=O)C3C2. The Labute approximate surface area is 115 Å². The maximum absolute atomic E-state index is 12.4. The molecule has 0 aromatic heterocycles. The number of rotatable bonds is 4. The van der Waals surface area contributed by atoms with Gasteiger partial charge in [-0.25, -0.2) is 0 Å². The third kappa shape index (κ3) is 1.88. The number of ketones is 1. The predicted molar refractivity (Wildman–Crippen MR) is 71.0 cm³/mol. The molecule has 0 radical (unpaired) electrons. The topological polar surface area (TPSA) is 60.4 Å². The molecule has 3 fully saturated rings. The van der Waals surface area contributed by atoms with Crippen LogP contribution in [0.15, 0.2) is 0 Å². The molecular formula is C14H22O4S. The number of carbonyl (C=O) groups is 1. The van der Waals surface area contributed by atoms with Crippen LogP contribution in [-0.4, -0.2) is 25.6 Å². The van der Waals surface area contributed by atoms with E-state index in [1.54, 1.807) is 0 Å². The van der Waals surface area contributed by atoms with Gasteiger partial charge in [-0.1, -0.05) is 20.8 Å². The molecule has 0 aromatic carbocycles. The van der Waals surface area contributed by atoms with E-state index >= 15 is 0 Å². The van der Waals surface area contributed by atoms with E-state index < -0.39 is 10.1 Å². The van der Waals surface area contributed by atoms with Gasteiger partial charge < -0.3 is 0 Å². The second-order valence-corrected chi connectivity index (χ2v) is 8.80. The van der Waals surface area contributed by atoms with Crippen LogP contribution in [-0.2, 0) is 19.1 Å². The van der Waals surface area contributed by atoms with Gasteiger partial charge in [-0.05, 0) is 31.1 Å². The van der Waals surface area contributed by atoms with Crippen LogP contribution >= 0.6 is 0 Å². The average molecular weight is 286 g/mol. The lowest BCUT2D eigenvalue weighted by Crippen LogP contribution is -2.34. The van der Waals surface area contributed by atoms with Crippen LogP contribution in [0.1, 0.15) is 46.5 Å². The minimum absolute atomic E-state index is 0.122. The molecule has 0 spiro atoms. The molecule has 0 aromatic rings. The molecule has 19 heavy (non-hydrogen) atoms. The van der Waals surface area contributed by atoms with Crippen LogP contribution in [0, 0.1) is 23.2 Å². The van der Waals surface area contributed by atoms with Crippen LogP contribution in [0.2, 0.25) is 0 Å². The maximum atomic E-state index is 12.4. The van der Waals surface area contributed by atoms with Gasteiger partial charge in [0, 0.05) is 17.8 Å². The van der Waals surface area contributed by atoms with Crippen LogP contribution in [0.5, 0.6) is 0 Å². The Morgan fingerprint density at radius 3 is 2.63 bits per heavy atom. The second kappa shape index (κ2) is 4.04. The molecule has 2 bridgehead atoms. The van der Waals surface area contributed by atoms with E-state index in [1.807, 2.05) is 20.8 Å². The Morgan fingerprint density at radius 1 is 1.32 bits per heavy atom. The van der Waals surface area contributed by atoms with E-state index in [-0.39, 0.29) is 34.4 Å². The molecule has 5 atom stereocenters. The van der Waals surface area contributed by atoms with Crippen molar-refractivity contribution in [2.75, 3.05) is 0 Å². The van der Waals surface area contributed by atoms with Crippen molar-refractivity contribution in [2.45, 2.75) is 57.8 Å². The highest BCUT2D eigenvalue weighted by Crippen LogP contribution is 2.58. The molecule has 0 amide bonds. The maximum Gasteiger partial charge on any atom is 0.270 e. The van der Waals surface area contributed by atoms with Crippen LogP contribution < -0.4 is 0 Å². The molecule has 108 valence electrons. The van der Waals surface area contributed by atoms with E-state index in [0.29, 0.717) is 18.8 Å². The van der Waals surface area contributed by atoms with Gasteiger partial charge in [0.15, 0.2) is 0 Å². The summed E-state index contributed by atoms with van der Waals surface area (Å²) in [4.78, 5) is 12.4. The van der Waals surface area contributed by atoms with Gasteiger partial charge in [0.2, 0.25) is 0 Å². The third-order valence-corrected chi connectivity index (χ3v) is 7.49. The number of carbonyl (C=O) groups excluding carboxylic acids is 1. The van der Waals surface area contributed by atoms with Gasteiger partial charge in [0.25, 0.3) is 10.1 Å². The summed E-state index contributed by atoms with van der Waals surface area (Å²) in [7, 11) is -3.35. The monoisotopic (exact) mass is 286 g/mol. The Morgan fingerprint density at radius 2 is 2.00 bits per heavy atom.